The van der Waals surface area contributed by atoms with Crippen molar-refractivity contribution >= 4 is 17.5 Å². The first-order valence-electron chi connectivity index (χ1n) is 9.77. The third kappa shape index (κ3) is 4.38. The van der Waals surface area contributed by atoms with E-state index in [1.54, 1.807) is 0 Å². The summed E-state index contributed by atoms with van der Waals surface area (Å²) in [6, 6.07) is 7.79. The standard InChI is InChI=1S/C21H28N4O2/c1-4-15-8-10-16(11-9-15)23-21(27)19-24-18(20(26)22-13-14(2)3)17-7-5-6-12-25(17)19/h8-11,14H,4-7,12-13H2,1-3H3,(H,22,26)(H,23,27). The molecule has 3 rings (SSSR count). The predicted octanol–water partition coefficient (Wildman–Crippen LogP) is 3.42. The molecule has 2 N–H and O–H groups in total. The van der Waals surface area contributed by atoms with Gasteiger partial charge < -0.3 is 15.2 Å². The van der Waals surface area contributed by atoms with E-state index in [0.29, 0.717) is 24.0 Å². The fraction of sp³-hybridized carbons (Fsp3) is 0.476. The maximum atomic E-state index is 12.8. The molecule has 0 spiro atoms. The van der Waals surface area contributed by atoms with Gasteiger partial charge in [0.1, 0.15) is 5.69 Å². The highest BCUT2D eigenvalue weighted by atomic mass is 16.2. The Balaban J connectivity index is 1.83. The average Bonchev–Trinajstić information content (AvgIpc) is 3.06. The van der Waals surface area contributed by atoms with E-state index >= 15 is 0 Å². The maximum absolute atomic E-state index is 12.8. The lowest BCUT2D eigenvalue weighted by Gasteiger charge is -2.17. The van der Waals surface area contributed by atoms with Crippen molar-refractivity contribution in [1.29, 1.82) is 0 Å². The largest absolute Gasteiger partial charge is 0.350 e. The molecule has 1 aromatic heterocycles. The fourth-order valence-corrected chi connectivity index (χ4v) is 3.29. The van der Waals surface area contributed by atoms with Crippen LogP contribution in [-0.4, -0.2) is 27.9 Å². The number of nitrogens with zero attached hydrogens (tertiary/aromatic N) is 2. The number of anilines is 1. The number of aromatic nitrogens is 2. The van der Waals surface area contributed by atoms with E-state index in [1.807, 2.05) is 42.7 Å². The molecule has 0 aliphatic carbocycles. The van der Waals surface area contributed by atoms with Gasteiger partial charge in [-0.15, -0.1) is 0 Å². The number of amides is 2. The summed E-state index contributed by atoms with van der Waals surface area (Å²) in [5, 5.41) is 5.82. The highest BCUT2D eigenvalue weighted by Crippen LogP contribution is 2.22. The number of imidazole rings is 1. The first-order valence-corrected chi connectivity index (χ1v) is 9.77. The molecular weight excluding hydrogens is 340 g/mol. The Kier molecular flexibility index (Phi) is 5.94. The summed E-state index contributed by atoms with van der Waals surface area (Å²) in [6.07, 6.45) is 3.73. The minimum Gasteiger partial charge on any atom is -0.350 e. The maximum Gasteiger partial charge on any atom is 0.291 e. The minimum absolute atomic E-state index is 0.194. The van der Waals surface area contributed by atoms with E-state index in [4.69, 9.17) is 0 Å². The second-order valence-electron chi connectivity index (χ2n) is 7.45. The smallest absolute Gasteiger partial charge is 0.291 e. The van der Waals surface area contributed by atoms with Gasteiger partial charge >= 0.3 is 0 Å². The van der Waals surface area contributed by atoms with Gasteiger partial charge in [0, 0.05) is 18.8 Å². The van der Waals surface area contributed by atoms with E-state index in [-0.39, 0.29) is 11.8 Å². The third-order valence-corrected chi connectivity index (χ3v) is 4.83. The number of fused-ring (bicyclic) bond motifs is 1. The van der Waals surface area contributed by atoms with Gasteiger partial charge in [0.05, 0.1) is 5.69 Å². The molecule has 0 radical (unpaired) electrons. The van der Waals surface area contributed by atoms with E-state index in [0.717, 1.165) is 43.6 Å². The monoisotopic (exact) mass is 368 g/mol. The van der Waals surface area contributed by atoms with Gasteiger partial charge in [0.15, 0.2) is 5.82 Å². The lowest BCUT2D eigenvalue weighted by atomic mass is 10.1. The number of rotatable bonds is 6. The van der Waals surface area contributed by atoms with Crippen molar-refractivity contribution in [2.24, 2.45) is 5.92 Å². The van der Waals surface area contributed by atoms with Crippen molar-refractivity contribution in [3.8, 4) is 0 Å². The first-order chi connectivity index (χ1) is 13.0. The molecule has 2 heterocycles. The number of aryl methyl sites for hydroxylation is 1. The molecule has 0 bridgehead atoms. The first kappa shape index (κ1) is 19.1. The van der Waals surface area contributed by atoms with Gasteiger partial charge in [0.2, 0.25) is 0 Å². The molecule has 1 aliphatic rings. The summed E-state index contributed by atoms with van der Waals surface area (Å²) in [4.78, 5) is 29.8. The average molecular weight is 368 g/mol. The van der Waals surface area contributed by atoms with E-state index < -0.39 is 0 Å². The van der Waals surface area contributed by atoms with Crippen LogP contribution >= 0.6 is 0 Å². The molecule has 1 aliphatic heterocycles. The summed E-state index contributed by atoms with van der Waals surface area (Å²) in [5.41, 5.74) is 3.21. The molecule has 6 nitrogen and oxygen atoms in total. The topological polar surface area (TPSA) is 76.0 Å². The van der Waals surface area contributed by atoms with Crippen LogP contribution in [0.3, 0.4) is 0 Å². The number of hydrogen-bond acceptors (Lipinski definition) is 3. The van der Waals surface area contributed by atoms with Crippen molar-refractivity contribution in [2.75, 3.05) is 11.9 Å². The zero-order chi connectivity index (χ0) is 19.4. The van der Waals surface area contributed by atoms with Crippen molar-refractivity contribution in [2.45, 2.75) is 53.0 Å². The Bertz CT molecular complexity index is 821. The summed E-state index contributed by atoms with van der Waals surface area (Å²) in [7, 11) is 0. The molecule has 0 saturated heterocycles. The van der Waals surface area contributed by atoms with Crippen molar-refractivity contribution in [3.05, 3.63) is 47.0 Å². The van der Waals surface area contributed by atoms with E-state index in [1.165, 1.54) is 5.56 Å². The van der Waals surface area contributed by atoms with Gasteiger partial charge in [-0.05, 0) is 49.3 Å². The SMILES string of the molecule is CCc1ccc(NC(=O)c2nc(C(=O)NCC(C)C)c3n2CCCC3)cc1. The Labute approximate surface area is 160 Å². The van der Waals surface area contributed by atoms with Crippen LogP contribution in [0.4, 0.5) is 5.69 Å². The fourth-order valence-electron chi connectivity index (χ4n) is 3.29. The van der Waals surface area contributed by atoms with Gasteiger partial charge in [-0.25, -0.2) is 4.98 Å². The summed E-state index contributed by atoms with van der Waals surface area (Å²) in [5.74, 6) is 0.214. The minimum atomic E-state index is -0.273. The Hall–Kier alpha value is -2.63. The third-order valence-electron chi connectivity index (χ3n) is 4.83. The second-order valence-corrected chi connectivity index (χ2v) is 7.45. The van der Waals surface area contributed by atoms with Crippen LogP contribution in [0.15, 0.2) is 24.3 Å². The molecule has 1 aromatic carbocycles. The molecule has 0 saturated carbocycles. The number of carbonyl (C=O) groups excluding carboxylic acids is 2. The lowest BCUT2D eigenvalue weighted by Crippen LogP contribution is -2.29. The Morgan fingerprint density at radius 2 is 1.89 bits per heavy atom. The number of nitrogens with one attached hydrogen (secondary N) is 2. The molecule has 144 valence electrons. The van der Waals surface area contributed by atoms with Gasteiger partial charge in [-0.1, -0.05) is 32.9 Å². The highest BCUT2D eigenvalue weighted by Gasteiger charge is 2.27. The van der Waals surface area contributed by atoms with E-state index in [9.17, 15) is 9.59 Å². The Morgan fingerprint density at radius 1 is 1.15 bits per heavy atom. The van der Waals surface area contributed by atoms with Gasteiger partial charge in [0.25, 0.3) is 11.8 Å². The van der Waals surface area contributed by atoms with Gasteiger partial charge in [-0.3, -0.25) is 9.59 Å². The van der Waals surface area contributed by atoms with E-state index in [2.05, 4.69) is 22.5 Å². The lowest BCUT2D eigenvalue weighted by molar-refractivity contribution is 0.0943. The summed E-state index contributed by atoms with van der Waals surface area (Å²) in [6.45, 7) is 7.50. The predicted molar refractivity (Wildman–Crippen MR) is 106 cm³/mol. The zero-order valence-corrected chi connectivity index (χ0v) is 16.3. The van der Waals surface area contributed by atoms with Crippen LogP contribution in [0.2, 0.25) is 0 Å². The normalized spacial score (nSPS) is 13.3. The molecule has 27 heavy (non-hydrogen) atoms. The molecule has 0 unspecified atom stereocenters. The number of benzene rings is 1. The summed E-state index contributed by atoms with van der Waals surface area (Å²) < 4.78 is 1.91. The van der Waals surface area contributed by atoms with Gasteiger partial charge in [-0.2, -0.15) is 0 Å². The van der Waals surface area contributed by atoms with Crippen molar-refractivity contribution in [1.82, 2.24) is 14.9 Å². The molecule has 6 heteroatoms. The molecule has 2 aromatic rings. The van der Waals surface area contributed by atoms with Crippen LogP contribution in [0, 0.1) is 5.92 Å². The quantitative estimate of drug-likeness (QED) is 0.820. The zero-order valence-electron chi connectivity index (χ0n) is 16.3. The summed E-state index contributed by atoms with van der Waals surface area (Å²) >= 11 is 0. The molecule has 0 fully saturated rings. The van der Waals surface area contributed by atoms with Crippen LogP contribution in [-0.2, 0) is 19.4 Å². The highest BCUT2D eigenvalue weighted by molar-refractivity contribution is 6.03. The van der Waals surface area contributed by atoms with Crippen molar-refractivity contribution < 1.29 is 9.59 Å². The Morgan fingerprint density at radius 3 is 2.56 bits per heavy atom. The molecular formula is C21H28N4O2. The van der Waals surface area contributed by atoms with Crippen molar-refractivity contribution in [3.63, 3.8) is 0 Å². The number of carbonyl (C=O) groups is 2. The van der Waals surface area contributed by atoms with Crippen LogP contribution in [0.5, 0.6) is 0 Å². The number of hydrogen-bond donors (Lipinski definition) is 2. The second kappa shape index (κ2) is 8.37. The van der Waals surface area contributed by atoms with Crippen LogP contribution in [0.25, 0.3) is 0 Å². The molecule has 0 atom stereocenters. The molecule has 2 amide bonds. The van der Waals surface area contributed by atoms with Crippen LogP contribution in [0.1, 0.15) is 66.0 Å². The van der Waals surface area contributed by atoms with Crippen LogP contribution < -0.4 is 10.6 Å².